The summed E-state index contributed by atoms with van der Waals surface area (Å²) < 4.78 is 0. The highest BCUT2D eigenvalue weighted by Gasteiger charge is 2.56. The first-order valence-electron chi connectivity index (χ1n) is 10.3. The van der Waals surface area contributed by atoms with Gasteiger partial charge in [0.1, 0.15) is 6.04 Å². The Labute approximate surface area is 164 Å². The van der Waals surface area contributed by atoms with Gasteiger partial charge in [-0.25, -0.2) is 0 Å². The van der Waals surface area contributed by atoms with Crippen LogP contribution in [0.2, 0.25) is 0 Å². The van der Waals surface area contributed by atoms with Gasteiger partial charge in [0.2, 0.25) is 5.91 Å². The van der Waals surface area contributed by atoms with Crippen LogP contribution in [0.4, 0.5) is 0 Å². The van der Waals surface area contributed by atoms with Crippen LogP contribution in [0.15, 0.2) is 24.5 Å². The Morgan fingerprint density at radius 2 is 1.93 bits per heavy atom. The molecular formula is C21H25N5O2. The Morgan fingerprint density at radius 1 is 1.18 bits per heavy atom. The maximum atomic E-state index is 13.1. The van der Waals surface area contributed by atoms with E-state index in [0.29, 0.717) is 11.5 Å². The summed E-state index contributed by atoms with van der Waals surface area (Å²) in [4.78, 5) is 33.9. The Morgan fingerprint density at radius 3 is 2.57 bits per heavy atom. The molecule has 1 saturated carbocycles. The predicted octanol–water partition coefficient (Wildman–Crippen LogP) is 1.31. The molecule has 3 saturated heterocycles. The topological polar surface area (TPSA) is 103 Å². The lowest BCUT2D eigenvalue weighted by molar-refractivity contribution is -0.135. The van der Waals surface area contributed by atoms with E-state index in [1.807, 2.05) is 4.90 Å². The van der Waals surface area contributed by atoms with Crippen LogP contribution >= 0.6 is 0 Å². The number of hydrogen-bond acceptors (Lipinski definition) is 5. The van der Waals surface area contributed by atoms with Crippen molar-refractivity contribution < 1.29 is 9.59 Å². The summed E-state index contributed by atoms with van der Waals surface area (Å²) in [6, 6.07) is 5.47. The van der Waals surface area contributed by atoms with Gasteiger partial charge in [0.15, 0.2) is 0 Å². The van der Waals surface area contributed by atoms with E-state index in [0.717, 1.165) is 38.5 Å². The van der Waals surface area contributed by atoms with E-state index in [9.17, 15) is 14.9 Å². The molecule has 7 heteroatoms. The predicted molar refractivity (Wildman–Crippen MR) is 101 cm³/mol. The fraction of sp³-hybridized carbons (Fsp3) is 0.619. The number of nitriles is 1. The molecule has 2 amide bonds. The van der Waals surface area contributed by atoms with Gasteiger partial charge in [-0.1, -0.05) is 0 Å². The maximum absolute atomic E-state index is 13.1. The lowest BCUT2D eigenvalue weighted by Gasteiger charge is -2.41. The Hall–Kier alpha value is -2.46. The number of likely N-dealkylation sites (tertiary alicyclic amines) is 1. The summed E-state index contributed by atoms with van der Waals surface area (Å²) in [6.07, 6.45) is 8.53. The zero-order valence-electron chi connectivity index (χ0n) is 15.8. The molecule has 4 fully saturated rings. The third-order valence-electron chi connectivity index (χ3n) is 7.21. The number of amides is 2. The van der Waals surface area contributed by atoms with Gasteiger partial charge in [0, 0.05) is 30.5 Å². The van der Waals surface area contributed by atoms with Crippen LogP contribution in [0.5, 0.6) is 0 Å². The van der Waals surface area contributed by atoms with Gasteiger partial charge in [-0.05, 0) is 62.5 Å². The molecule has 2 N–H and O–H groups in total. The number of hydrogen-bond donors (Lipinski definition) is 1. The zero-order valence-corrected chi connectivity index (χ0v) is 15.8. The van der Waals surface area contributed by atoms with Gasteiger partial charge in [0.25, 0.3) is 5.91 Å². The molecule has 1 aliphatic carbocycles. The first kappa shape index (κ1) is 17.6. The van der Waals surface area contributed by atoms with E-state index in [-0.39, 0.29) is 41.9 Å². The highest BCUT2D eigenvalue weighted by Crippen LogP contribution is 2.48. The molecule has 3 aliphatic heterocycles. The molecular weight excluding hydrogens is 354 g/mol. The zero-order chi connectivity index (χ0) is 19.4. The van der Waals surface area contributed by atoms with Crippen LogP contribution in [0.1, 0.15) is 48.9 Å². The van der Waals surface area contributed by atoms with Crippen LogP contribution in [-0.2, 0) is 4.79 Å². The standard InChI is InChI=1S/C21H25N5O2/c22-10-17-6-13-9-18(13)26(17)21(28)19(23)14-7-15-3-4-16(8-14)25(15)20(27)12-2-1-5-24-11-12/h1-2,5,11,13-19H,3-4,6-9,23H2/t13-,14?,15?,16?,17+,18+,19+/m1/s1. The number of carbonyl (C=O) groups is 2. The number of piperidine rings is 2. The second-order valence-electron chi connectivity index (χ2n) is 8.79. The summed E-state index contributed by atoms with van der Waals surface area (Å²) in [5, 5.41) is 9.38. The molecule has 2 unspecified atom stereocenters. The number of nitrogens with two attached hydrogens (primary N) is 1. The number of rotatable bonds is 3. The van der Waals surface area contributed by atoms with Crippen molar-refractivity contribution in [2.24, 2.45) is 17.6 Å². The van der Waals surface area contributed by atoms with Crippen molar-refractivity contribution in [3.8, 4) is 6.07 Å². The molecule has 7 nitrogen and oxygen atoms in total. The number of pyridine rings is 1. The summed E-state index contributed by atoms with van der Waals surface area (Å²) in [5.41, 5.74) is 7.06. The summed E-state index contributed by atoms with van der Waals surface area (Å²) >= 11 is 0. The fourth-order valence-electron chi connectivity index (χ4n) is 5.75. The van der Waals surface area contributed by atoms with Gasteiger partial charge in [0.05, 0.1) is 17.7 Å². The molecule has 1 aromatic rings. The molecule has 5 rings (SSSR count). The lowest BCUT2D eigenvalue weighted by atomic mass is 9.84. The van der Waals surface area contributed by atoms with Crippen molar-refractivity contribution in [3.05, 3.63) is 30.1 Å². The Balaban J connectivity index is 1.29. The summed E-state index contributed by atoms with van der Waals surface area (Å²) in [5.74, 6) is 0.535. The molecule has 146 valence electrons. The molecule has 0 aromatic carbocycles. The third kappa shape index (κ3) is 2.70. The third-order valence-corrected chi connectivity index (χ3v) is 7.21. The molecule has 1 aromatic heterocycles. The quantitative estimate of drug-likeness (QED) is 0.853. The van der Waals surface area contributed by atoms with E-state index in [1.165, 1.54) is 0 Å². The molecule has 4 aliphatic rings. The first-order chi connectivity index (χ1) is 13.6. The van der Waals surface area contributed by atoms with Gasteiger partial charge in [-0.15, -0.1) is 0 Å². The molecule has 0 radical (unpaired) electrons. The maximum Gasteiger partial charge on any atom is 0.255 e. The second-order valence-corrected chi connectivity index (χ2v) is 8.79. The first-order valence-corrected chi connectivity index (χ1v) is 10.3. The van der Waals surface area contributed by atoms with E-state index in [2.05, 4.69) is 11.1 Å². The van der Waals surface area contributed by atoms with Crippen molar-refractivity contribution in [3.63, 3.8) is 0 Å². The van der Waals surface area contributed by atoms with Crippen molar-refractivity contribution >= 4 is 11.8 Å². The molecule has 0 spiro atoms. The molecule has 4 heterocycles. The number of nitrogens with zero attached hydrogens (tertiary/aromatic N) is 4. The van der Waals surface area contributed by atoms with Gasteiger partial charge in [-0.3, -0.25) is 14.6 Å². The largest absolute Gasteiger partial charge is 0.333 e. The number of aromatic nitrogens is 1. The van der Waals surface area contributed by atoms with Gasteiger partial charge in [-0.2, -0.15) is 5.26 Å². The van der Waals surface area contributed by atoms with Crippen LogP contribution in [0.25, 0.3) is 0 Å². The van der Waals surface area contributed by atoms with E-state index in [1.54, 1.807) is 29.4 Å². The highest BCUT2D eigenvalue weighted by atomic mass is 16.2. The molecule has 6 atom stereocenters. The Kier molecular flexibility index (Phi) is 4.13. The van der Waals surface area contributed by atoms with Crippen molar-refractivity contribution in [1.29, 1.82) is 5.26 Å². The smallest absolute Gasteiger partial charge is 0.255 e. The van der Waals surface area contributed by atoms with E-state index in [4.69, 9.17) is 5.73 Å². The monoisotopic (exact) mass is 379 g/mol. The molecule has 2 bridgehead atoms. The van der Waals surface area contributed by atoms with Crippen LogP contribution in [0, 0.1) is 23.2 Å². The number of fused-ring (bicyclic) bond motifs is 3. The lowest BCUT2D eigenvalue weighted by Crippen LogP contribution is -2.55. The SMILES string of the molecule is N#C[C@@H]1C[C@@H]2C[C@@H]2N1C(=O)[C@@H](N)C1CC2CCC(C1)N2C(=O)c1cccnc1. The van der Waals surface area contributed by atoms with E-state index < -0.39 is 6.04 Å². The minimum Gasteiger partial charge on any atom is -0.333 e. The van der Waals surface area contributed by atoms with Crippen molar-refractivity contribution in [2.45, 2.75) is 68.7 Å². The number of carbonyl (C=O) groups excluding carboxylic acids is 2. The summed E-state index contributed by atoms with van der Waals surface area (Å²) in [7, 11) is 0. The summed E-state index contributed by atoms with van der Waals surface area (Å²) in [6.45, 7) is 0. The molecule has 28 heavy (non-hydrogen) atoms. The minimum atomic E-state index is -0.575. The normalized spacial score (nSPS) is 36.6. The minimum absolute atomic E-state index is 0.0313. The van der Waals surface area contributed by atoms with E-state index >= 15 is 0 Å². The van der Waals surface area contributed by atoms with Crippen molar-refractivity contribution in [1.82, 2.24) is 14.8 Å². The van der Waals surface area contributed by atoms with Gasteiger partial charge >= 0.3 is 0 Å². The van der Waals surface area contributed by atoms with Crippen LogP contribution < -0.4 is 5.73 Å². The fourth-order valence-corrected chi connectivity index (χ4v) is 5.75. The van der Waals surface area contributed by atoms with Crippen LogP contribution in [0.3, 0.4) is 0 Å². The average Bonchev–Trinajstić information content (AvgIpc) is 3.32. The van der Waals surface area contributed by atoms with Crippen LogP contribution in [-0.4, -0.2) is 56.8 Å². The van der Waals surface area contributed by atoms with Crippen molar-refractivity contribution in [2.75, 3.05) is 0 Å². The average molecular weight is 379 g/mol. The Bertz CT molecular complexity index is 823. The highest BCUT2D eigenvalue weighted by molar-refractivity contribution is 5.94. The van der Waals surface area contributed by atoms with Gasteiger partial charge < -0.3 is 15.5 Å². The second kappa shape index (κ2) is 6.56.